The van der Waals surface area contributed by atoms with E-state index in [9.17, 15) is 0 Å². The minimum Gasteiger partial charge on any atom is -0.378 e. The molecule has 1 aliphatic rings. The Hall–Kier alpha value is -0.380. The van der Waals surface area contributed by atoms with Crippen LogP contribution in [0.1, 0.15) is 46.1 Å². The molecular weight excluding hydrogens is 254 g/mol. The lowest BCUT2D eigenvalue weighted by molar-refractivity contribution is -0.127. The normalized spacial score (nSPS) is 32.0. The lowest BCUT2D eigenvalue weighted by Gasteiger charge is -2.54. The molecular formula is C16H27NOS. The number of rotatable bonds is 7. The molecule has 1 saturated carbocycles. The standard InChI is InChI=1S/C16H27NOS/c1-5-16(4)14(10-15(16)18-6-2)17-12(3)9-13-7-8-19-11-13/h7-8,11-12,14-15,17H,5-6,9-10H2,1-4H3. The molecule has 0 bridgehead atoms. The molecule has 0 aliphatic heterocycles. The van der Waals surface area contributed by atoms with E-state index in [1.807, 2.05) is 0 Å². The minimum absolute atomic E-state index is 0.304. The summed E-state index contributed by atoms with van der Waals surface area (Å²) in [6, 6.07) is 3.36. The summed E-state index contributed by atoms with van der Waals surface area (Å²) >= 11 is 1.78. The molecule has 0 spiro atoms. The van der Waals surface area contributed by atoms with Gasteiger partial charge in [-0.05, 0) is 55.5 Å². The van der Waals surface area contributed by atoms with Crippen LogP contribution in [-0.4, -0.2) is 24.8 Å². The summed E-state index contributed by atoms with van der Waals surface area (Å²) < 4.78 is 5.86. The van der Waals surface area contributed by atoms with Crippen molar-refractivity contribution >= 4 is 11.3 Å². The van der Waals surface area contributed by atoms with Crippen LogP contribution >= 0.6 is 11.3 Å². The van der Waals surface area contributed by atoms with Crippen molar-refractivity contribution in [2.24, 2.45) is 5.41 Å². The van der Waals surface area contributed by atoms with Crippen molar-refractivity contribution in [1.29, 1.82) is 0 Å². The second-order valence-corrected chi connectivity index (χ2v) is 6.78. The third-order valence-corrected chi connectivity index (χ3v) is 5.45. The highest BCUT2D eigenvalue weighted by molar-refractivity contribution is 7.07. The Morgan fingerprint density at radius 2 is 2.32 bits per heavy atom. The molecule has 0 amide bonds. The summed E-state index contributed by atoms with van der Waals surface area (Å²) in [5.74, 6) is 0. The molecule has 0 aromatic carbocycles. The number of nitrogens with one attached hydrogen (secondary N) is 1. The first-order valence-electron chi connectivity index (χ1n) is 7.48. The van der Waals surface area contributed by atoms with Gasteiger partial charge >= 0.3 is 0 Å². The molecule has 0 radical (unpaired) electrons. The van der Waals surface area contributed by atoms with Gasteiger partial charge in [-0.25, -0.2) is 0 Å². The molecule has 4 unspecified atom stereocenters. The third-order valence-electron chi connectivity index (χ3n) is 4.72. The van der Waals surface area contributed by atoms with E-state index in [2.05, 4.69) is 49.8 Å². The van der Waals surface area contributed by atoms with Crippen molar-refractivity contribution in [3.8, 4) is 0 Å². The fraction of sp³-hybridized carbons (Fsp3) is 0.750. The van der Waals surface area contributed by atoms with Gasteiger partial charge < -0.3 is 10.1 Å². The van der Waals surface area contributed by atoms with Crippen molar-refractivity contribution in [2.75, 3.05) is 6.61 Å². The predicted octanol–water partition coefficient (Wildman–Crippen LogP) is 3.86. The maximum atomic E-state index is 5.86. The smallest absolute Gasteiger partial charge is 0.0658 e. The van der Waals surface area contributed by atoms with Crippen molar-refractivity contribution in [3.63, 3.8) is 0 Å². The maximum absolute atomic E-state index is 5.86. The van der Waals surface area contributed by atoms with Crippen LogP contribution in [0.2, 0.25) is 0 Å². The fourth-order valence-electron chi connectivity index (χ4n) is 3.17. The molecule has 1 aromatic heterocycles. The highest BCUT2D eigenvalue weighted by atomic mass is 32.1. The van der Waals surface area contributed by atoms with Gasteiger partial charge in [0.25, 0.3) is 0 Å². The molecule has 19 heavy (non-hydrogen) atoms. The van der Waals surface area contributed by atoms with Gasteiger partial charge in [-0.2, -0.15) is 11.3 Å². The largest absolute Gasteiger partial charge is 0.378 e. The summed E-state index contributed by atoms with van der Waals surface area (Å²) in [4.78, 5) is 0. The Labute approximate surface area is 121 Å². The van der Waals surface area contributed by atoms with Crippen LogP contribution < -0.4 is 5.32 Å². The van der Waals surface area contributed by atoms with E-state index in [0.717, 1.165) is 19.4 Å². The summed E-state index contributed by atoms with van der Waals surface area (Å²) in [6.07, 6.45) is 3.90. The highest BCUT2D eigenvalue weighted by Crippen LogP contribution is 2.46. The first-order chi connectivity index (χ1) is 9.10. The topological polar surface area (TPSA) is 21.3 Å². The Balaban J connectivity index is 1.86. The SMILES string of the molecule is CCOC1CC(NC(C)Cc2ccsc2)C1(C)CC. The number of thiophene rings is 1. The highest BCUT2D eigenvalue weighted by Gasteiger charge is 2.51. The second kappa shape index (κ2) is 6.38. The average Bonchev–Trinajstić information content (AvgIpc) is 2.89. The van der Waals surface area contributed by atoms with Gasteiger partial charge in [0.05, 0.1) is 6.10 Å². The lowest BCUT2D eigenvalue weighted by atomic mass is 9.61. The van der Waals surface area contributed by atoms with Crippen molar-refractivity contribution in [3.05, 3.63) is 22.4 Å². The summed E-state index contributed by atoms with van der Waals surface area (Å²) in [7, 11) is 0. The predicted molar refractivity (Wildman–Crippen MR) is 82.8 cm³/mol. The van der Waals surface area contributed by atoms with Crippen LogP contribution in [0.4, 0.5) is 0 Å². The molecule has 0 saturated heterocycles. The van der Waals surface area contributed by atoms with Crippen LogP contribution in [0.5, 0.6) is 0 Å². The zero-order valence-corrected chi connectivity index (χ0v) is 13.4. The molecule has 4 atom stereocenters. The van der Waals surface area contributed by atoms with E-state index in [1.165, 1.54) is 12.0 Å². The molecule has 2 rings (SSSR count). The van der Waals surface area contributed by atoms with Crippen molar-refractivity contribution in [1.82, 2.24) is 5.32 Å². The Morgan fingerprint density at radius 3 is 2.89 bits per heavy atom. The van der Waals surface area contributed by atoms with Crippen LogP contribution in [-0.2, 0) is 11.2 Å². The van der Waals surface area contributed by atoms with Crippen LogP contribution in [0.3, 0.4) is 0 Å². The van der Waals surface area contributed by atoms with E-state index in [1.54, 1.807) is 11.3 Å². The van der Waals surface area contributed by atoms with Crippen LogP contribution in [0.15, 0.2) is 16.8 Å². The number of ether oxygens (including phenoxy) is 1. The van der Waals surface area contributed by atoms with Gasteiger partial charge in [-0.1, -0.05) is 13.8 Å². The van der Waals surface area contributed by atoms with E-state index in [-0.39, 0.29) is 0 Å². The molecule has 1 fully saturated rings. The average molecular weight is 281 g/mol. The number of hydrogen-bond donors (Lipinski definition) is 1. The molecule has 3 heteroatoms. The van der Waals surface area contributed by atoms with Gasteiger partial charge in [0.1, 0.15) is 0 Å². The zero-order chi connectivity index (χ0) is 13.9. The van der Waals surface area contributed by atoms with Crippen molar-refractivity contribution in [2.45, 2.75) is 65.1 Å². The molecule has 1 N–H and O–H groups in total. The monoisotopic (exact) mass is 281 g/mol. The van der Waals surface area contributed by atoms with E-state index in [4.69, 9.17) is 4.74 Å². The first kappa shape index (κ1) is 15.0. The molecule has 108 valence electrons. The minimum atomic E-state index is 0.304. The van der Waals surface area contributed by atoms with Gasteiger partial charge in [-0.15, -0.1) is 0 Å². The maximum Gasteiger partial charge on any atom is 0.0658 e. The van der Waals surface area contributed by atoms with Crippen molar-refractivity contribution < 1.29 is 4.74 Å². The summed E-state index contributed by atoms with van der Waals surface area (Å²) in [5.41, 5.74) is 1.75. The summed E-state index contributed by atoms with van der Waals surface area (Å²) in [6.45, 7) is 9.87. The third kappa shape index (κ3) is 3.21. The lowest BCUT2D eigenvalue weighted by Crippen LogP contribution is -2.63. The second-order valence-electron chi connectivity index (χ2n) is 6.00. The Kier molecular flexibility index (Phi) is 5.04. The quantitative estimate of drug-likeness (QED) is 0.819. The van der Waals surface area contributed by atoms with Crippen LogP contribution in [0.25, 0.3) is 0 Å². The van der Waals surface area contributed by atoms with E-state index < -0.39 is 0 Å². The van der Waals surface area contributed by atoms with Gasteiger partial charge in [0.2, 0.25) is 0 Å². The zero-order valence-electron chi connectivity index (χ0n) is 12.6. The van der Waals surface area contributed by atoms with Gasteiger partial charge in [-0.3, -0.25) is 0 Å². The molecule has 2 nitrogen and oxygen atoms in total. The van der Waals surface area contributed by atoms with E-state index >= 15 is 0 Å². The fourth-order valence-corrected chi connectivity index (χ4v) is 3.85. The van der Waals surface area contributed by atoms with E-state index in [0.29, 0.717) is 23.6 Å². The molecule has 1 heterocycles. The Morgan fingerprint density at radius 1 is 1.53 bits per heavy atom. The van der Waals surface area contributed by atoms with Crippen LogP contribution in [0, 0.1) is 5.41 Å². The number of hydrogen-bond acceptors (Lipinski definition) is 3. The van der Waals surface area contributed by atoms with Gasteiger partial charge in [0.15, 0.2) is 0 Å². The molecule has 1 aromatic rings. The molecule has 1 aliphatic carbocycles. The Bertz CT molecular complexity index is 378. The first-order valence-corrected chi connectivity index (χ1v) is 8.43. The van der Waals surface area contributed by atoms with Gasteiger partial charge in [0, 0.05) is 24.1 Å². The summed E-state index contributed by atoms with van der Waals surface area (Å²) in [5, 5.41) is 8.22.